The van der Waals surface area contributed by atoms with Crippen LogP contribution in [-0.4, -0.2) is 58.8 Å². The van der Waals surface area contributed by atoms with E-state index in [-0.39, 0.29) is 43.4 Å². The van der Waals surface area contributed by atoms with Crippen LogP contribution in [0.3, 0.4) is 0 Å². The molecule has 0 heterocycles. The number of carboxylic acids is 3. The SMILES string of the molecule is CCC/C=C/CCCCCCCCCCC[N+](CCC(=O)[O-])(CCC(=O)O)CCC(=O)O. The van der Waals surface area contributed by atoms with Gasteiger partial charge in [0.15, 0.2) is 0 Å². The summed E-state index contributed by atoms with van der Waals surface area (Å²) in [6.45, 7) is 3.53. The van der Waals surface area contributed by atoms with Crippen LogP contribution >= 0.6 is 0 Å². The van der Waals surface area contributed by atoms with Crippen LogP contribution in [-0.2, 0) is 14.4 Å². The molecule has 0 atom stereocenters. The number of carbonyl (C=O) groups is 3. The molecule has 7 nitrogen and oxygen atoms in total. The Labute approximate surface area is 194 Å². The summed E-state index contributed by atoms with van der Waals surface area (Å²) in [7, 11) is 0. The number of unbranched alkanes of at least 4 members (excludes halogenated alkanes) is 10. The van der Waals surface area contributed by atoms with Gasteiger partial charge >= 0.3 is 11.9 Å². The van der Waals surface area contributed by atoms with E-state index in [0.717, 1.165) is 19.3 Å². The van der Waals surface area contributed by atoms with Crippen LogP contribution in [0.5, 0.6) is 0 Å². The van der Waals surface area contributed by atoms with E-state index in [1.54, 1.807) is 0 Å². The summed E-state index contributed by atoms with van der Waals surface area (Å²) < 4.78 is 0.222. The first-order chi connectivity index (χ1) is 15.3. The molecule has 0 aromatic carbocycles. The maximum Gasteiger partial charge on any atom is 0.309 e. The summed E-state index contributed by atoms with van der Waals surface area (Å²) in [6, 6.07) is 0. The third-order valence-corrected chi connectivity index (χ3v) is 6.02. The van der Waals surface area contributed by atoms with Gasteiger partial charge in [-0.15, -0.1) is 0 Å². The van der Waals surface area contributed by atoms with Crippen LogP contribution < -0.4 is 5.11 Å². The van der Waals surface area contributed by atoms with E-state index >= 15 is 0 Å². The minimum absolute atomic E-state index is 0.0962. The van der Waals surface area contributed by atoms with E-state index in [2.05, 4.69) is 19.1 Å². The first-order valence-corrected chi connectivity index (χ1v) is 12.4. The summed E-state index contributed by atoms with van der Waals surface area (Å²) in [4.78, 5) is 33.1. The van der Waals surface area contributed by atoms with Crippen molar-refractivity contribution in [3.63, 3.8) is 0 Å². The fraction of sp³-hybridized carbons (Fsp3) is 0.800. The zero-order valence-electron chi connectivity index (χ0n) is 20.1. The van der Waals surface area contributed by atoms with Crippen molar-refractivity contribution in [2.75, 3.05) is 26.2 Å². The smallest absolute Gasteiger partial charge is 0.309 e. The first kappa shape index (κ1) is 30.1. The predicted octanol–water partition coefficient (Wildman–Crippen LogP) is 4.15. The Balaban J connectivity index is 4.20. The zero-order chi connectivity index (χ0) is 24.1. The van der Waals surface area contributed by atoms with Crippen molar-refractivity contribution < 1.29 is 34.2 Å². The van der Waals surface area contributed by atoms with Gasteiger partial charge in [-0.25, -0.2) is 0 Å². The van der Waals surface area contributed by atoms with Crippen LogP contribution in [0.15, 0.2) is 12.2 Å². The van der Waals surface area contributed by atoms with Crippen molar-refractivity contribution in [1.29, 1.82) is 0 Å². The standard InChI is InChI=1S/C25H45NO6/c1-2-3-4-5-6-7-8-9-10-11-12-13-14-15-19-26(20-16-23(27)28,21-17-24(29)30)22-18-25(31)32/h4-5H,2-3,6-22H2,1H3,(H2-,27,28,29,30,31,32)/b5-4+. The normalized spacial score (nSPS) is 11.8. The first-order valence-electron chi connectivity index (χ1n) is 12.4. The van der Waals surface area contributed by atoms with Crippen LogP contribution in [0.4, 0.5) is 0 Å². The van der Waals surface area contributed by atoms with Crippen molar-refractivity contribution >= 4 is 17.9 Å². The van der Waals surface area contributed by atoms with Gasteiger partial charge in [0.1, 0.15) is 0 Å². The van der Waals surface area contributed by atoms with Gasteiger partial charge in [-0.3, -0.25) is 9.59 Å². The Kier molecular flexibility index (Phi) is 18.6. The Morgan fingerprint density at radius 3 is 1.56 bits per heavy atom. The van der Waals surface area contributed by atoms with Gasteiger partial charge < -0.3 is 24.6 Å². The Hall–Kier alpha value is -1.89. The second kappa shape index (κ2) is 19.8. The summed E-state index contributed by atoms with van der Waals surface area (Å²) in [6.07, 6.45) is 18.1. The molecule has 0 rings (SSSR count). The molecule has 0 amide bonds. The average Bonchev–Trinajstić information content (AvgIpc) is 2.74. The lowest BCUT2D eigenvalue weighted by molar-refractivity contribution is -0.927. The van der Waals surface area contributed by atoms with Crippen molar-refractivity contribution in [3.8, 4) is 0 Å². The highest BCUT2D eigenvalue weighted by atomic mass is 16.4. The van der Waals surface area contributed by atoms with Crippen LogP contribution in [0.2, 0.25) is 0 Å². The molecular weight excluding hydrogens is 410 g/mol. The number of nitrogens with zero attached hydrogens (tertiary/aromatic N) is 1. The molecule has 2 N–H and O–H groups in total. The Bertz CT molecular complexity index is 501. The number of aliphatic carboxylic acids is 3. The maximum atomic E-state index is 11.1. The van der Waals surface area contributed by atoms with Crippen molar-refractivity contribution in [2.24, 2.45) is 0 Å². The second-order valence-electron chi connectivity index (χ2n) is 8.88. The Morgan fingerprint density at radius 1 is 0.656 bits per heavy atom. The molecule has 0 fully saturated rings. The van der Waals surface area contributed by atoms with Gasteiger partial charge in [0.25, 0.3) is 0 Å². The van der Waals surface area contributed by atoms with Crippen molar-refractivity contribution in [2.45, 2.75) is 103 Å². The monoisotopic (exact) mass is 455 g/mol. The highest BCUT2D eigenvalue weighted by molar-refractivity contribution is 5.67. The average molecular weight is 456 g/mol. The molecule has 0 bridgehead atoms. The minimum atomic E-state index is -1.19. The van der Waals surface area contributed by atoms with Gasteiger partial charge in [-0.05, 0) is 32.1 Å². The number of allylic oxidation sites excluding steroid dienone is 2. The van der Waals surface area contributed by atoms with E-state index < -0.39 is 17.9 Å². The summed E-state index contributed by atoms with van der Waals surface area (Å²) >= 11 is 0. The molecule has 0 aliphatic carbocycles. The van der Waals surface area contributed by atoms with E-state index in [0.29, 0.717) is 6.54 Å². The minimum Gasteiger partial charge on any atom is -0.550 e. The van der Waals surface area contributed by atoms with E-state index in [9.17, 15) is 19.5 Å². The second-order valence-corrected chi connectivity index (χ2v) is 8.88. The van der Waals surface area contributed by atoms with Gasteiger partial charge in [0.2, 0.25) is 0 Å². The molecule has 32 heavy (non-hydrogen) atoms. The lowest BCUT2D eigenvalue weighted by Gasteiger charge is -2.38. The zero-order valence-corrected chi connectivity index (χ0v) is 20.1. The summed E-state index contributed by atoms with van der Waals surface area (Å²) in [5, 5.41) is 29.1. The van der Waals surface area contributed by atoms with Crippen molar-refractivity contribution in [3.05, 3.63) is 12.2 Å². The number of quaternary nitrogens is 1. The molecule has 0 radical (unpaired) electrons. The quantitative estimate of drug-likeness (QED) is 0.136. The number of hydrogen-bond acceptors (Lipinski definition) is 4. The summed E-state index contributed by atoms with van der Waals surface area (Å²) in [5.74, 6) is -3.09. The summed E-state index contributed by atoms with van der Waals surface area (Å²) in [5.41, 5.74) is 0. The number of rotatable bonds is 23. The largest absolute Gasteiger partial charge is 0.550 e. The van der Waals surface area contributed by atoms with Crippen LogP contribution in [0.1, 0.15) is 103 Å². The van der Waals surface area contributed by atoms with Crippen molar-refractivity contribution in [1.82, 2.24) is 0 Å². The molecule has 0 spiro atoms. The van der Waals surface area contributed by atoms with Gasteiger partial charge in [0.05, 0.1) is 39.0 Å². The molecule has 0 unspecified atom stereocenters. The molecule has 0 aliphatic heterocycles. The molecule has 0 saturated heterocycles. The lowest BCUT2D eigenvalue weighted by Crippen LogP contribution is -2.53. The molecule has 0 saturated carbocycles. The van der Waals surface area contributed by atoms with E-state index in [4.69, 9.17) is 10.2 Å². The highest BCUT2D eigenvalue weighted by Gasteiger charge is 2.28. The fourth-order valence-electron chi connectivity index (χ4n) is 4.01. The fourth-order valence-corrected chi connectivity index (χ4v) is 4.01. The Morgan fingerprint density at radius 2 is 1.09 bits per heavy atom. The van der Waals surface area contributed by atoms with Gasteiger partial charge in [-0.2, -0.15) is 0 Å². The third kappa shape index (κ3) is 18.8. The van der Waals surface area contributed by atoms with Gasteiger partial charge in [0, 0.05) is 12.4 Å². The predicted molar refractivity (Wildman–Crippen MR) is 124 cm³/mol. The number of carbonyl (C=O) groups excluding carboxylic acids is 1. The van der Waals surface area contributed by atoms with E-state index in [1.807, 2.05) is 0 Å². The highest BCUT2D eigenvalue weighted by Crippen LogP contribution is 2.17. The third-order valence-electron chi connectivity index (χ3n) is 6.02. The molecular formula is C25H45NO6. The van der Waals surface area contributed by atoms with Crippen LogP contribution in [0.25, 0.3) is 0 Å². The lowest BCUT2D eigenvalue weighted by atomic mass is 10.1. The molecule has 0 aromatic heterocycles. The van der Waals surface area contributed by atoms with Gasteiger partial charge in [-0.1, -0.05) is 64.0 Å². The van der Waals surface area contributed by atoms with Crippen LogP contribution in [0, 0.1) is 0 Å². The topological polar surface area (TPSA) is 115 Å². The maximum absolute atomic E-state index is 11.1. The molecule has 0 aliphatic rings. The van der Waals surface area contributed by atoms with E-state index in [1.165, 1.54) is 57.8 Å². The molecule has 186 valence electrons. The number of hydrogen-bond donors (Lipinski definition) is 2. The molecule has 0 aromatic rings. The molecule has 7 heteroatoms. The number of carboxylic acid groups (broad SMARTS) is 3.